The molecule has 1 fully saturated rings. The monoisotopic (exact) mass is 369 g/mol. The fourth-order valence-corrected chi connectivity index (χ4v) is 3.83. The van der Waals surface area contributed by atoms with Gasteiger partial charge in [0.1, 0.15) is 5.82 Å². The molecule has 0 aliphatic carbocycles. The molecule has 0 bridgehead atoms. The largest absolute Gasteiger partial charge is 0.343 e. The number of nitrogens with one attached hydrogen (secondary N) is 1. The molecule has 0 unspecified atom stereocenters. The van der Waals surface area contributed by atoms with Gasteiger partial charge >= 0.3 is 0 Å². The SMILES string of the molecule is CC(C)CN1CCC([C@@H](NC(=O)c2cccc(F)c2)c2ccccn2)CC1. The number of piperidine rings is 1. The number of pyridine rings is 1. The first kappa shape index (κ1) is 19.5. The summed E-state index contributed by atoms with van der Waals surface area (Å²) in [6, 6.07) is 11.4. The lowest BCUT2D eigenvalue weighted by Gasteiger charge is -2.36. The van der Waals surface area contributed by atoms with Gasteiger partial charge < -0.3 is 10.2 Å². The van der Waals surface area contributed by atoms with Gasteiger partial charge in [0.05, 0.1) is 11.7 Å². The number of rotatable bonds is 6. The van der Waals surface area contributed by atoms with Crippen molar-refractivity contribution in [1.82, 2.24) is 15.2 Å². The molecule has 1 saturated heterocycles. The second-order valence-electron chi connectivity index (χ2n) is 7.75. The van der Waals surface area contributed by atoms with Gasteiger partial charge in [0.15, 0.2) is 0 Å². The molecule has 1 N–H and O–H groups in total. The summed E-state index contributed by atoms with van der Waals surface area (Å²) in [5, 5.41) is 3.12. The Morgan fingerprint density at radius 3 is 2.63 bits per heavy atom. The van der Waals surface area contributed by atoms with E-state index < -0.39 is 5.82 Å². The van der Waals surface area contributed by atoms with E-state index in [9.17, 15) is 9.18 Å². The van der Waals surface area contributed by atoms with Crippen LogP contribution < -0.4 is 5.32 Å². The number of halogens is 1. The van der Waals surface area contributed by atoms with Gasteiger partial charge in [0.25, 0.3) is 5.91 Å². The molecule has 0 radical (unpaired) electrons. The van der Waals surface area contributed by atoms with Gasteiger partial charge in [-0.05, 0) is 68.1 Å². The smallest absolute Gasteiger partial charge is 0.251 e. The predicted octanol–water partition coefficient (Wildman–Crippen LogP) is 4.06. The van der Waals surface area contributed by atoms with Crippen molar-refractivity contribution in [3.8, 4) is 0 Å². The van der Waals surface area contributed by atoms with Gasteiger partial charge in [-0.3, -0.25) is 9.78 Å². The van der Waals surface area contributed by atoms with Gasteiger partial charge in [-0.15, -0.1) is 0 Å². The van der Waals surface area contributed by atoms with Crippen LogP contribution in [0.2, 0.25) is 0 Å². The lowest BCUT2D eigenvalue weighted by atomic mass is 9.86. The Balaban J connectivity index is 1.74. The molecule has 144 valence electrons. The Morgan fingerprint density at radius 2 is 2.00 bits per heavy atom. The molecule has 5 heteroatoms. The number of hydrogen-bond acceptors (Lipinski definition) is 3. The van der Waals surface area contributed by atoms with Crippen LogP contribution in [0.4, 0.5) is 4.39 Å². The van der Waals surface area contributed by atoms with Crippen LogP contribution >= 0.6 is 0 Å². The molecule has 0 saturated carbocycles. The van der Waals surface area contributed by atoms with Gasteiger partial charge in [0.2, 0.25) is 0 Å². The average molecular weight is 369 g/mol. The minimum Gasteiger partial charge on any atom is -0.343 e. The second kappa shape index (κ2) is 9.09. The number of hydrogen-bond donors (Lipinski definition) is 1. The first-order valence-electron chi connectivity index (χ1n) is 9.72. The molecule has 1 aromatic heterocycles. The van der Waals surface area contributed by atoms with Crippen molar-refractivity contribution in [3.05, 3.63) is 65.7 Å². The maximum atomic E-state index is 13.5. The second-order valence-corrected chi connectivity index (χ2v) is 7.75. The fraction of sp³-hybridized carbons (Fsp3) is 0.455. The van der Waals surface area contributed by atoms with Crippen LogP contribution in [0.3, 0.4) is 0 Å². The molecule has 2 heterocycles. The van der Waals surface area contributed by atoms with Gasteiger partial charge in [-0.2, -0.15) is 0 Å². The van der Waals surface area contributed by atoms with Crippen molar-refractivity contribution in [1.29, 1.82) is 0 Å². The van der Waals surface area contributed by atoms with Crippen LogP contribution in [0, 0.1) is 17.7 Å². The zero-order valence-corrected chi connectivity index (χ0v) is 16.1. The number of likely N-dealkylation sites (tertiary alicyclic amines) is 1. The lowest BCUT2D eigenvalue weighted by molar-refractivity contribution is 0.0886. The standard InChI is InChI=1S/C22H28FN3O/c1-16(2)15-26-12-9-17(10-13-26)21(20-8-3-4-11-24-20)25-22(27)18-6-5-7-19(23)14-18/h3-8,11,14,16-17,21H,9-10,12-13,15H2,1-2H3,(H,25,27)/t21-/m1/s1. The van der Waals surface area contributed by atoms with Crippen LogP contribution in [0.5, 0.6) is 0 Å². The number of benzene rings is 1. The van der Waals surface area contributed by atoms with E-state index in [-0.39, 0.29) is 11.9 Å². The van der Waals surface area contributed by atoms with Gasteiger partial charge in [-0.1, -0.05) is 26.0 Å². The first-order valence-corrected chi connectivity index (χ1v) is 9.72. The third-order valence-corrected chi connectivity index (χ3v) is 5.11. The van der Waals surface area contributed by atoms with E-state index in [0.717, 1.165) is 38.2 Å². The molecule has 1 amide bonds. The van der Waals surface area contributed by atoms with Crippen LogP contribution in [-0.4, -0.2) is 35.4 Å². The van der Waals surface area contributed by atoms with Crippen molar-refractivity contribution in [2.24, 2.45) is 11.8 Å². The normalized spacial score (nSPS) is 17.0. The van der Waals surface area contributed by atoms with E-state index >= 15 is 0 Å². The molecular formula is C22H28FN3O. The Morgan fingerprint density at radius 1 is 1.22 bits per heavy atom. The topological polar surface area (TPSA) is 45.2 Å². The summed E-state index contributed by atoms with van der Waals surface area (Å²) < 4.78 is 13.5. The minimum absolute atomic E-state index is 0.164. The lowest BCUT2D eigenvalue weighted by Crippen LogP contribution is -2.42. The fourth-order valence-electron chi connectivity index (χ4n) is 3.83. The van der Waals surface area contributed by atoms with Gasteiger partial charge in [-0.25, -0.2) is 4.39 Å². The summed E-state index contributed by atoms with van der Waals surface area (Å²) in [6.45, 7) is 7.64. The Hall–Kier alpha value is -2.27. The Kier molecular flexibility index (Phi) is 6.56. The zero-order chi connectivity index (χ0) is 19.2. The summed E-state index contributed by atoms with van der Waals surface area (Å²) >= 11 is 0. The van der Waals surface area contributed by atoms with E-state index in [1.807, 2.05) is 18.2 Å². The van der Waals surface area contributed by atoms with E-state index in [4.69, 9.17) is 0 Å². The molecule has 3 rings (SSSR count). The highest BCUT2D eigenvalue weighted by Gasteiger charge is 2.30. The number of nitrogens with zero attached hydrogens (tertiary/aromatic N) is 2. The zero-order valence-electron chi connectivity index (χ0n) is 16.1. The highest BCUT2D eigenvalue weighted by molar-refractivity contribution is 5.94. The molecule has 27 heavy (non-hydrogen) atoms. The maximum Gasteiger partial charge on any atom is 0.251 e. The molecule has 1 aromatic carbocycles. The van der Waals surface area contributed by atoms with Crippen LogP contribution in [0.15, 0.2) is 48.7 Å². The molecule has 2 aromatic rings. The molecule has 1 atom stereocenters. The number of carbonyl (C=O) groups excluding carboxylic acids is 1. The highest BCUT2D eigenvalue weighted by atomic mass is 19.1. The van der Waals surface area contributed by atoms with Crippen molar-refractivity contribution in [2.45, 2.75) is 32.7 Å². The summed E-state index contributed by atoms with van der Waals surface area (Å²) in [4.78, 5) is 19.7. The quantitative estimate of drug-likeness (QED) is 0.835. The molecule has 4 nitrogen and oxygen atoms in total. The Bertz CT molecular complexity index is 742. The average Bonchev–Trinajstić information content (AvgIpc) is 2.67. The highest BCUT2D eigenvalue weighted by Crippen LogP contribution is 2.30. The summed E-state index contributed by atoms with van der Waals surface area (Å²) in [5.41, 5.74) is 1.21. The van der Waals surface area contributed by atoms with E-state index in [1.165, 1.54) is 12.1 Å². The Labute approximate surface area is 160 Å². The third-order valence-electron chi connectivity index (χ3n) is 5.11. The molecule has 0 spiro atoms. The molecule has 1 aliphatic heterocycles. The number of amides is 1. The van der Waals surface area contributed by atoms with Gasteiger partial charge in [0, 0.05) is 18.3 Å². The minimum atomic E-state index is -0.404. The van der Waals surface area contributed by atoms with E-state index in [0.29, 0.717) is 17.4 Å². The summed E-state index contributed by atoms with van der Waals surface area (Å²) in [7, 11) is 0. The summed E-state index contributed by atoms with van der Waals surface area (Å²) in [6.07, 6.45) is 3.78. The first-order chi connectivity index (χ1) is 13.0. The van der Waals surface area contributed by atoms with Crippen molar-refractivity contribution in [3.63, 3.8) is 0 Å². The third kappa shape index (κ3) is 5.36. The van der Waals surface area contributed by atoms with Crippen LogP contribution in [0.25, 0.3) is 0 Å². The van der Waals surface area contributed by atoms with Crippen LogP contribution in [0.1, 0.15) is 48.8 Å². The number of carbonyl (C=O) groups is 1. The predicted molar refractivity (Wildman–Crippen MR) is 105 cm³/mol. The molecule has 1 aliphatic rings. The van der Waals surface area contributed by atoms with E-state index in [1.54, 1.807) is 18.3 Å². The van der Waals surface area contributed by atoms with Crippen molar-refractivity contribution < 1.29 is 9.18 Å². The van der Waals surface area contributed by atoms with Crippen molar-refractivity contribution in [2.75, 3.05) is 19.6 Å². The van der Waals surface area contributed by atoms with Crippen molar-refractivity contribution >= 4 is 5.91 Å². The van der Waals surface area contributed by atoms with Crippen LogP contribution in [-0.2, 0) is 0 Å². The maximum absolute atomic E-state index is 13.5. The van der Waals surface area contributed by atoms with E-state index in [2.05, 4.69) is 29.0 Å². The summed E-state index contributed by atoms with van der Waals surface area (Å²) in [5.74, 6) is 0.315. The molecular weight excluding hydrogens is 341 g/mol. The number of aromatic nitrogens is 1.